The highest BCUT2D eigenvalue weighted by molar-refractivity contribution is 5.17. The molecule has 1 aromatic carbocycles. The lowest BCUT2D eigenvalue weighted by Gasteiger charge is -2.19. The predicted molar refractivity (Wildman–Crippen MR) is 78.5 cm³/mol. The van der Waals surface area contributed by atoms with Gasteiger partial charge in [0.25, 0.3) is 5.56 Å². The van der Waals surface area contributed by atoms with Gasteiger partial charge in [0.15, 0.2) is 0 Å². The molecule has 21 heavy (non-hydrogen) atoms. The Kier molecular flexibility index (Phi) is 4.37. The van der Waals surface area contributed by atoms with Crippen LogP contribution in [0, 0.1) is 5.82 Å². The van der Waals surface area contributed by atoms with Crippen molar-refractivity contribution in [3.63, 3.8) is 0 Å². The Morgan fingerprint density at radius 2 is 1.76 bits per heavy atom. The third kappa shape index (κ3) is 3.28. The molecule has 1 aromatic heterocycles. The monoisotopic (exact) mass is 291 g/mol. The molecule has 2 aromatic rings. The van der Waals surface area contributed by atoms with Gasteiger partial charge in [0.1, 0.15) is 5.82 Å². The molecule has 0 aliphatic carbocycles. The Morgan fingerprint density at radius 1 is 1.10 bits per heavy atom. The Bertz CT molecular complexity index is 764. The second-order valence-corrected chi connectivity index (χ2v) is 5.14. The lowest BCUT2D eigenvalue weighted by Crippen LogP contribution is -2.39. The zero-order chi connectivity index (χ0) is 15.6. The van der Waals surface area contributed by atoms with Gasteiger partial charge in [0, 0.05) is 44.5 Å². The number of benzene rings is 1. The summed E-state index contributed by atoms with van der Waals surface area (Å²) in [5, 5.41) is 0. The summed E-state index contributed by atoms with van der Waals surface area (Å²) in [4.78, 5) is 25.4. The molecule has 0 aliphatic heterocycles. The molecule has 1 heterocycles. The van der Waals surface area contributed by atoms with E-state index in [1.807, 2.05) is 11.9 Å². The molecular formula is C15H18FN3O2. The minimum absolute atomic E-state index is 0.262. The fourth-order valence-corrected chi connectivity index (χ4v) is 2.18. The molecule has 0 spiro atoms. The van der Waals surface area contributed by atoms with Gasteiger partial charge in [0.2, 0.25) is 0 Å². The van der Waals surface area contributed by atoms with Crippen molar-refractivity contribution in [2.24, 2.45) is 14.1 Å². The van der Waals surface area contributed by atoms with Crippen molar-refractivity contribution in [1.29, 1.82) is 0 Å². The molecule has 0 N–H and O–H groups in total. The van der Waals surface area contributed by atoms with Crippen LogP contribution in [0.25, 0.3) is 0 Å². The average molecular weight is 291 g/mol. The van der Waals surface area contributed by atoms with Crippen molar-refractivity contribution in [2.45, 2.75) is 13.1 Å². The molecule has 2 rings (SSSR count). The lowest BCUT2D eigenvalue weighted by atomic mass is 10.2. The van der Waals surface area contributed by atoms with Gasteiger partial charge in [-0.25, -0.2) is 9.18 Å². The van der Waals surface area contributed by atoms with Crippen LogP contribution in [-0.2, 0) is 27.2 Å². The number of aromatic nitrogens is 2. The predicted octanol–water partition coefficient (Wildman–Crippen LogP) is 0.855. The van der Waals surface area contributed by atoms with E-state index in [4.69, 9.17) is 0 Å². The van der Waals surface area contributed by atoms with Crippen molar-refractivity contribution in [3.05, 3.63) is 68.2 Å². The third-order valence-corrected chi connectivity index (χ3v) is 3.46. The molecule has 6 heteroatoms. The van der Waals surface area contributed by atoms with Gasteiger partial charge in [-0.2, -0.15) is 0 Å². The molecule has 0 radical (unpaired) electrons. The Labute approximate surface area is 121 Å². The minimum atomic E-state index is -0.364. The van der Waals surface area contributed by atoms with Crippen LogP contribution >= 0.6 is 0 Å². The zero-order valence-electron chi connectivity index (χ0n) is 12.3. The highest BCUT2D eigenvalue weighted by Crippen LogP contribution is 2.10. The van der Waals surface area contributed by atoms with Crippen LogP contribution in [0.15, 0.2) is 39.9 Å². The van der Waals surface area contributed by atoms with Gasteiger partial charge in [0.05, 0.1) is 0 Å². The second-order valence-electron chi connectivity index (χ2n) is 5.14. The quantitative estimate of drug-likeness (QED) is 0.839. The van der Waals surface area contributed by atoms with Gasteiger partial charge in [-0.15, -0.1) is 0 Å². The van der Waals surface area contributed by atoms with Crippen molar-refractivity contribution in [1.82, 2.24) is 14.0 Å². The van der Waals surface area contributed by atoms with Gasteiger partial charge in [-0.05, 0) is 13.1 Å². The lowest BCUT2D eigenvalue weighted by molar-refractivity contribution is 0.303. The first-order chi connectivity index (χ1) is 9.90. The van der Waals surface area contributed by atoms with Crippen molar-refractivity contribution < 1.29 is 4.39 Å². The van der Waals surface area contributed by atoms with E-state index in [1.54, 1.807) is 25.2 Å². The van der Waals surface area contributed by atoms with Crippen molar-refractivity contribution in [3.8, 4) is 0 Å². The summed E-state index contributed by atoms with van der Waals surface area (Å²) in [6.45, 7) is 0.784. The van der Waals surface area contributed by atoms with E-state index >= 15 is 0 Å². The molecule has 0 unspecified atom stereocenters. The van der Waals surface area contributed by atoms with Crippen LogP contribution in [-0.4, -0.2) is 21.1 Å². The number of hydrogen-bond acceptors (Lipinski definition) is 3. The fourth-order valence-electron chi connectivity index (χ4n) is 2.18. The first-order valence-corrected chi connectivity index (χ1v) is 6.58. The topological polar surface area (TPSA) is 47.2 Å². The summed E-state index contributed by atoms with van der Waals surface area (Å²) < 4.78 is 16.1. The van der Waals surface area contributed by atoms with E-state index in [0.717, 1.165) is 4.57 Å². The van der Waals surface area contributed by atoms with E-state index < -0.39 is 0 Å². The largest absolute Gasteiger partial charge is 0.330 e. The van der Waals surface area contributed by atoms with Gasteiger partial charge in [-0.3, -0.25) is 18.8 Å². The molecular weight excluding hydrogens is 273 g/mol. The molecule has 0 saturated carbocycles. The Morgan fingerprint density at radius 3 is 2.43 bits per heavy atom. The summed E-state index contributed by atoms with van der Waals surface area (Å²) in [5.41, 5.74) is 0.472. The highest BCUT2D eigenvalue weighted by atomic mass is 19.1. The highest BCUT2D eigenvalue weighted by Gasteiger charge is 2.10. The SMILES string of the molecule is CN(Cc1ccccc1F)Cc1cc(=O)n(C)c(=O)n1C. The minimum Gasteiger partial charge on any atom is -0.299 e. The van der Waals surface area contributed by atoms with Crippen LogP contribution in [0.2, 0.25) is 0 Å². The van der Waals surface area contributed by atoms with Crippen LogP contribution < -0.4 is 11.2 Å². The molecule has 0 fully saturated rings. The van der Waals surface area contributed by atoms with E-state index in [2.05, 4.69) is 0 Å². The van der Waals surface area contributed by atoms with E-state index in [0.29, 0.717) is 24.3 Å². The Hall–Kier alpha value is -2.21. The van der Waals surface area contributed by atoms with Crippen LogP contribution in [0.3, 0.4) is 0 Å². The number of nitrogens with zero attached hydrogens (tertiary/aromatic N) is 3. The molecule has 0 amide bonds. The summed E-state index contributed by atoms with van der Waals surface area (Å²) in [6, 6.07) is 7.98. The van der Waals surface area contributed by atoms with E-state index in [9.17, 15) is 14.0 Å². The molecule has 0 bridgehead atoms. The average Bonchev–Trinajstić information content (AvgIpc) is 2.45. The van der Waals surface area contributed by atoms with Gasteiger partial charge >= 0.3 is 5.69 Å². The number of hydrogen-bond donors (Lipinski definition) is 0. The van der Waals surface area contributed by atoms with Crippen molar-refractivity contribution in [2.75, 3.05) is 7.05 Å². The van der Waals surface area contributed by atoms with E-state index in [1.165, 1.54) is 23.7 Å². The smallest absolute Gasteiger partial charge is 0.299 e. The first-order valence-electron chi connectivity index (χ1n) is 6.58. The van der Waals surface area contributed by atoms with Gasteiger partial charge < -0.3 is 0 Å². The molecule has 112 valence electrons. The number of halogens is 1. The summed E-state index contributed by atoms with van der Waals surface area (Å²) in [7, 11) is 4.87. The molecule has 5 nitrogen and oxygen atoms in total. The van der Waals surface area contributed by atoms with Crippen LogP contribution in [0.5, 0.6) is 0 Å². The van der Waals surface area contributed by atoms with Crippen molar-refractivity contribution >= 4 is 0 Å². The van der Waals surface area contributed by atoms with Crippen LogP contribution in [0.1, 0.15) is 11.3 Å². The fraction of sp³-hybridized carbons (Fsp3) is 0.333. The maximum absolute atomic E-state index is 13.6. The maximum Gasteiger partial charge on any atom is 0.330 e. The number of rotatable bonds is 4. The zero-order valence-corrected chi connectivity index (χ0v) is 12.3. The van der Waals surface area contributed by atoms with Crippen LogP contribution in [0.4, 0.5) is 4.39 Å². The molecule has 0 atom stereocenters. The maximum atomic E-state index is 13.6. The Balaban J connectivity index is 2.21. The third-order valence-electron chi connectivity index (χ3n) is 3.46. The van der Waals surface area contributed by atoms with Gasteiger partial charge in [-0.1, -0.05) is 18.2 Å². The first kappa shape index (κ1) is 15.2. The standard InChI is InChI=1S/C15H18FN3O2/c1-17(9-11-6-4-5-7-13(11)16)10-12-8-14(20)19(3)15(21)18(12)2/h4-8H,9-10H2,1-3H3. The van der Waals surface area contributed by atoms with E-state index in [-0.39, 0.29) is 17.1 Å². The summed E-state index contributed by atoms with van der Waals surface area (Å²) >= 11 is 0. The molecule has 0 saturated heterocycles. The second kappa shape index (κ2) is 6.05. The summed E-state index contributed by atoms with van der Waals surface area (Å²) in [6.07, 6.45) is 0. The normalized spacial score (nSPS) is 11.1. The summed E-state index contributed by atoms with van der Waals surface area (Å²) in [5.74, 6) is -0.262. The molecule has 0 aliphatic rings.